The minimum atomic E-state index is 0.438. The summed E-state index contributed by atoms with van der Waals surface area (Å²) in [5.41, 5.74) is 10.8. The molecule has 0 atom stereocenters. The van der Waals surface area contributed by atoms with Gasteiger partial charge in [-0.3, -0.25) is 4.98 Å². The van der Waals surface area contributed by atoms with Gasteiger partial charge in [-0.15, -0.1) is 0 Å². The van der Waals surface area contributed by atoms with Crippen molar-refractivity contribution in [3.63, 3.8) is 0 Å². The third kappa shape index (κ3) is 3.31. The van der Waals surface area contributed by atoms with Crippen molar-refractivity contribution in [2.24, 2.45) is 5.73 Å². The van der Waals surface area contributed by atoms with Crippen molar-refractivity contribution in [1.29, 1.82) is 0 Å². The fraction of sp³-hybridized carbons (Fsp3) is 0.263. The largest absolute Gasteiger partial charge is 0.378 e. The monoisotopic (exact) mass is 354 g/mol. The van der Waals surface area contributed by atoms with Gasteiger partial charge in [0, 0.05) is 24.7 Å². The lowest BCUT2D eigenvalue weighted by Crippen LogP contribution is -2.36. The number of morpholine rings is 1. The number of nitrogens with zero attached hydrogens (tertiary/aromatic N) is 3. The molecule has 2 aromatic carbocycles. The van der Waals surface area contributed by atoms with E-state index in [1.165, 1.54) is 0 Å². The zero-order chi connectivity index (χ0) is 17.2. The third-order valence-electron chi connectivity index (χ3n) is 4.46. The number of halogens is 1. The Hall–Kier alpha value is -2.21. The average Bonchev–Trinajstić information content (AvgIpc) is 2.67. The summed E-state index contributed by atoms with van der Waals surface area (Å²) in [6.07, 6.45) is 1.83. The van der Waals surface area contributed by atoms with Crippen molar-refractivity contribution in [3.8, 4) is 11.1 Å². The van der Waals surface area contributed by atoms with E-state index in [4.69, 9.17) is 27.1 Å². The van der Waals surface area contributed by atoms with Crippen LogP contribution in [-0.2, 0) is 11.3 Å². The standard InChI is InChI=1S/C19H19ClN4O/c20-15-2-3-16(14(9-15)11-21)13-1-4-17-18(10-13)23-19(12-22-17)24-5-7-25-8-6-24/h1-4,9-10,12H,5-8,11,21H2. The van der Waals surface area contributed by atoms with Crippen LogP contribution in [0.1, 0.15) is 5.56 Å². The van der Waals surface area contributed by atoms with Gasteiger partial charge in [-0.1, -0.05) is 23.7 Å². The van der Waals surface area contributed by atoms with Crippen LogP contribution in [0.3, 0.4) is 0 Å². The number of aromatic nitrogens is 2. The van der Waals surface area contributed by atoms with E-state index in [0.717, 1.165) is 59.8 Å². The topological polar surface area (TPSA) is 64.3 Å². The summed E-state index contributed by atoms with van der Waals surface area (Å²) in [6.45, 7) is 3.57. The van der Waals surface area contributed by atoms with Crippen molar-refractivity contribution in [1.82, 2.24) is 9.97 Å². The minimum absolute atomic E-state index is 0.438. The van der Waals surface area contributed by atoms with Gasteiger partial charge >= 0.3 is 0 Å². The summed E-state index contributed by atoms with van der Waals surface area (Å²) in [7, 11) is 0. The number of benzene rings is 2. The summed E-state index contributed by atoms with van der Waals surface area (Å²) >= 11 is 6.09. The molecule has 1 saturated heterocycles. The Morgan fingerprint density at radius 2 is 1.92 bits per heavy atom. The summed E-state index contributed by atoms with van der Waals surface area (Å²) in [4.78, 5) is 11.6. The molecule has 2 N–H and O–H groups in total. The van der Waals surface area contributed by atoms with Crippen LogP contribution in [0.15, 0.2) is 42.6 Å². The van der Waals surface area contributed by atoms with E-state index < -0.39 is 0 Å². The molecule has 2 heterocycles. The van der Waals surface area contributed by atoms with E-state index >= 15 is 0 Å². The number of rotatable bonds is 3. The van der Waals surface area contributed by atoms with Gasteiger partial charge in [-0.2, -0.15) is 0 Å². The Morgan fingerprint density at radius 3 is 2.72 bits per heavy atom. The number of ether oxygens (including phenoxy) is 1. The number of hydrogen-bond donors (Lipinski definition) is 1. The first-order valence-electron chi connectivity index (χ1n) is 8.33. The van der Waals surface area contributed by atoms with Gasteiger partial charge in [-0.25, -0.2) is 4.98 Å². The Labute approximate surface area is 151 Å². The van der Waals surface area contributed by atoms with Gasteiger partial charge in [0.1, 0.15) is 5.82 Å². The van der Waals surface area contributed by atoms with Crippen molar-refractivity contribution in [2.75, 3.05) is 31.2 Å². The molecule has 3 aromatic rings. The molecule has 0 amide bonds. The molecule has 0 saturated carbocycles. The van der Waals surface area contributed by atoms with Gasteiger partial charge in [0.15, 0.2) is 0 Å². The van der Waals surface area contributed by atoms with E-state index in [2.05, 4.69) is 16.0 Å². The predicted octanol–water partition coefficient (Wildman–Crippen LogP) is 3.25. The highest BCUT2D eigenvalue weighted by Crippen LogP contribution is 2.29. The molecular formula is C19H19ClN4O. The Bertz CT molecular complexity index is 909. The van der Waals surface area contributed by atoms with E-state index in [0.29, 0.717) is 11.6 Å². The fourth-order valence-corrected chi connectivity index (χ4v) is 3.32. The quantitative estimate of drug-likeness (QED) is 0.782. The van der Waals surface area contributed by atoms with Gasteiger partial charge in [0.2, 0.25) is 0 Å². The highest BCUT2D eigenvalue weighted by Gasteiger charge is 2.14. The third-order valence-corrected chi connectivity index (χ3v) is 4.70. The second-order valence-electron chi connectivity index (χ2n) is 6.04. The van der Waals surface area contributed by atoms with Gasteiger partial charge in [-0.05, 0) is 41.0 Å². The first-order valence-corrected chi connectivity index (χ1v) is 8.71. The maximum Gasteiger partial charge on any atom is 0.148 e. The first kappa shape index (κ1) is 16.3. The van der Waals surface area contributed by atoms with Gasteiger partial charge in [0.25, 0.3) is 0 Å². The van der Waals surface area contributed by atoms with Crippen LogP contribution in [0.5, 0.6) is 0 Å². The van der Waals surface area contributed by atoms with E-state index in [1.54, 1.807) is 0 Å². The molecule has 128 valence electrons. The summed E-state index contributed by atoms with van der Waals surface area (Å²) in [5, 5.41) is 0.694. The van der Waals surface area contributed by atoms with Crippen LogP contribution >= 0.6 is 11.6 Å². The normalized spacial score (nSPS) is 14.9. The minimum Gasteiger partial charge on any atom is -0.378 e. The molecule has 0 bridgehead atoms. The zero-order valence-corrected chi connectivity index (χ0v) is 14.5. The maximum atomic E-state index is 6.09. The predicted molar refractivity (Wildman–Crippen MR) is 101 cm³/mol. The zero-order valence-electron chi connectivity index (χ0n) is 13.8. The lowest BCUT2D eigenvalue weighted by Gasteiger charge is -2.27. The number of hydrogen-bond acceptors (Lipinski definition) is 5. The van der Waals surface area contributed by atoms with Crippen molar-refractivity contribution in [2.45, 2.75) is 6.54 Å². The van der Waals surface area contributed by atoms with E-state index in [9.17, 15) is 0 Å². The summed E-state index contributed by atoms with van der Waals surface area (Å²) in [6, 6.07) is 11.9. The summed E-state index contributed by atoms with van der Waals surface area (Å²) < 4.78 is 5.41. The van der Waals surface area contributed by atoms with Crippen LogP contribution in [0.4, 0.5) is 5.82 Å². The van der Waals surface area contributed by atoms with Crippen LogP contribution in [0.2, 0.25) is 5.02 Å². The molecule has 1 aromatic heterocycles. The number of anilines is 1. The molecule has 5 nitrogen and oxygen atoms in total. The first-order chi connectivity index (χ1) is 12.2. The number of fused-ring (bicyclic) bond motifs is 1. The summed E-state index contributed by atoms with van der Waals surface area (Å²) in [5.74, 6) is 0.892. The SMILES string of the molecule is NCc1cc(Cl)ccc1-c1ccc2ncc(N3CCOCC3)nc2c1. The average molecular weight is 355 g/mol. The van der Waals surface area contributed by atoms with Gasteiger partial charge in [0.05, 0.1) is 30.4 Å². The molecule has 0 radical (unpaired) electrons. The second-order valence-corrected chi connectivity index (χ2v) is 6.47. The van der Waals surface area contributed by atoms with Crippen LogP contribution in [-0.4, -0.2) is 36.3 Å². The second kappa shape index (κ2) is 6.96. The molecule has 25 heavy (non-hydrogen) atoms. The maximum absolute atomic E-state index is 6.09. The van der Waals surface area contributed by atoms with E-state index in [-0.39, 0.29) is 0 Å². The van der Waals surface area contributed by atoms with Crippen LogP contribution < -0.4 is 10.6 Å². The van der Waals surface area contributed by atoms with Crippen LogP contribution in [0.25, 0.3) is 22.2 Å². The van der Waals surface area contributed by atoms with Crippen molar-refractivity contribution < 1.29 is 4.74 Å². The Kier molecular flexibility index (Phi) is 4.53. The Morgan fingerprint density at radius 1 is 1.08 bits per heavy atom. The molecular weight excluding hydrogens is 336 g/mol. The van der Waals surface area contributed by atoms with Crippen LogP contribution in [0, 0.1) is 0 Å². The van der Waals surface area contributed by atoms with E-state index in [1.807, 2.05) is 36.5 Å². The fourth-order valence-electron chi connectivity index (χ4n) is 3.13. The molecule has 0 unspecified atom stereocenters. The Balaban J connectivity index is 1.76. The molecule has 1 aliphatic heterocycles. The highest BCUT2D eigenvalue weighted by atomic mass is 35.5. The van der Waals surface area contributed by atoms with Gasteiger partial charge < -0.3 is 15.4 Å². The smallest absolute Gasteiger partial charge is 0.148 e. The molecule has 0 spiro atoms. The van der Waals surface area contributed by atoms with Crippen molar-refractivity contribution >= 4 is 28.5 Å². The number of nitrogens with two attached hydrogens (primary N) is 1. The molecule has 1 fully saturated rings. The van der Waals surface area contributed by atoms with Crippen molar-refractivity contribution in [3.05, 3.63) is 53.2 Å². The molecule has 4 rings (SSSR count). The highest BCUT2D eigenvalue weighted by molar-refractivity contribution is 6.30. The molecule has 6 heteroatoms. The molecule has 0 aliphatic carbocycles. The lowest BCUT2D eigenvalue weighted by molar-refractivity contribution is 0.122. The lowest BCUT2D eigenvalue weighted by atomic mass is 9.99. The molecule has 1 aliphatic rings.